The van der Waals surface area contributed by atoms with Crippen LogP contribution in [-0.4, -0.2) is 51.4 Å². The van der Waals surface area contributed by atoms with Crippen molar-refractivity contribution < 1.29 is 16.8 Å². The Hall–Kier alpha value is -0.140. The highest BCUT2D eigenvalue weighted by atomic mass is 32.2. The molecule has 1 saturated heterocycles. The van der Waals surface area contributed by atoms with Crippen LogP contribution in [0.4, 0.5) is 0 Å². The number of hydrogen-bond acceptors (Lipinski definition) is 5. The molecule has 1 fully saturated rings. The fourth-order valence-electron chi connectivity index (χ4n) is 1.88. The third kappa shape index (κ3) is 4.22. The minimum Gasteiger partial charge on any atom is -0.309 e. The first-order chi connectivity index (χ1) is 7.56. The standard InChI is InChI=1S/C10H21NO4S2/c1-9(2)17(14,15)7-5-11-10(3)4-6-16(12,13)8-10/h9,11H,4-8H2,1-3H3. The van der Waals surface area contributed by atoms with Crippen molar-refractivity contribution in [3.63, 3.8) is 0 Å². The van der Waals surface area contributed by atoms with Crippen molar-refractivity contribution in [2.24, 2.45) is 0 Å². The van der Waals surface area contributed by atoms with Crippen LogP contribution in [0, 0.1) is 0 Å². The van der Waals surface area contributed by atoms with Gasteiger partial charge in [0, 0.05) is 12.1 Å². The van der Waals surface area contributed by atoms with Crippen molar-refractivity contribution in [3.05, 3.63) is 0 Å². The summed E-state index contributed by atoms with van der Waals surface area (Å²) >= 11 is 0. The molecule has 0 aliphatic carbocycles. The van der Waals surface area contributed by atoms with Crippen LogP contribution in [0.25, 0.3) is 0 Å². The molecule has 1 aliphatic heterocycles. The Bertz CT molecular complexity index is 467. The van der Waals surface area contributed by atoms with Gasteiger partial charge in [0.25, 0.3) is 0 Å². The van der Waals surface area contributed by atoms with Crippen molar-refractivity contribution >= 4 is 19.7 Å². The van der Waals surface area contributed by atoms with E-state index in [1.54, 1.807) is 13.8 Å². The summed E-state index contributed by atoms with van der Waals surface area (Å²) in [7, 11) is -6.01. The number of sulfone groups is 2. The van der Waals surface area contributed by atoms with E-state index in [9.17, 15) is 16.8 Å². The lowest BCUT2D eigenvalue weighted by molar-refractivity contribution is 0.408. The highest BCUT2D eigenvalue weighted by Gasteiger charge is 2.37. The van der Waals surface area contributed by atoms with Gasteiger partial charge in [0.05, 0.1) is 22.5 Å². The minimum absolute atomic E-state index is 0.0559. The molecule has 0 aromatic rings. The lowest BCUT2D eigenvalue weighted by Gasteiger charge is -2.24. The third-order valence-corrected chi connectivity index (χ3v) is 7.27. The normalized spacial score (nSPS) is 28.7. The Kier molecular flexibility index (Phi) is 4.26. The topological polar surface area (TPSA) is 80.3 Å². The molecule has 7 heteroatoms. The first kappa shape index (κ1) is 14.9. The molecular weight excluding hydrogens is 262 g/mol. The average Bonchev–Trinajstić information content (AvgIpc) is 2.40. The smallest absolute Gasteiger partial charge is 0.153 e. The zero-order valence-electron chi connectivity index (χ0n) is 10.6. The van der Waals surface area contributed by atoms with Crippen LogP contribution >= 0.6 is 0 Å². The van der Waals surface area contributed by atoms with E-state index in [0.29, 0.717) is 13.0 Å². The van der Waals surface area contributed by atoms with Gasteiger partial charge in [-0.1, -0.05) is 0 Å². The first-order valence-corrected chi connectivity index (χ1v) is 9.27. The van der Waals surface area contributed by atoms with Crippen LogP contribution in [0.5, 0.6) is 0 Å². The van der Waals surface area contributed by atoms with E-state index < -0.39 is 25.2 Å². The van der Waals surface area contributed by atoms with E-state index >= 15 is 0 Å². The summed E-state index contributed by atoms with van der Waals surface area (Å²) in [5.41, 5.74) is -0.467. The van der Waals surface area contributed by atoms with E-state index in [4.69, 9.17) is 0 Å². The van der Waals surface area contributed by atoms with Gasteiger partial charge in [0.1, 0.15) is 0 Å². The predicted molar refractivity (Wildman–Crippen MR) is 68.6 cm³/mol. The minimum atomic E-state index is -3.06. The molecule has 17 heavy (non-hydrogen) atoms. The zero-order valence-corrected chi connectivity index (χ0v) is 12.2. The van der Waals surface area contributed by atoms with E-state index in [1.807, 2.05) is 6.92 Å². The van der Waals surface area contributed by atoms with Crippen LogP contribution in [-0.2, 0) is 19.7 Å². The van der Waals surface area contributed by atoms with Crippen LogP contribution in [0.15, 0.2) is 0 Å². The Balaban J connectivity index is 2.48. The molecule has 0 saturated carbocycles. The summed E-state index contributed by atoms with van der Waals surface area (Å²) in [6, 6.07) is 0. The third-order valence-electron chi connectivity index (χ3n) is 3.16. The Morgan fingerprint density at radius 2 is 1.94 bits per heavy atom. The summed E-state index contributed by atoms with van der Waals surface area (Å²) in [5.74, 6) is 0.343. The molecule has 1 aliphatic rings. The Morgan fingerprint density at radius 3 is 2.35 bits per heavy atom. The largest absolute Gasteiger partial charge is 0.309 e. The molecule has 5 nitrogen and oxygen atoms in total. The van der Waals surface area contributed by atoms with Gasteiger partial charge in [-0.2, -0.15) is 0 Å². The van der Waals surface area contributed by atoms with Crippen LogP contribution in [0.1, 0.15) is 27.2 Å². The fourth-order valence-corrected chi connectivity index (χ4v) is 4.86. The fraction of sp³-hybridized carbons (Fsp3) is 1.00. The van der Waals surface area contributed by atoms with Crippen molar-refractivity contribution in [3.8, 4) is 0 Å². The molecule has 1 atom stereocenters. The zero-order chi connectivity index (χ0) is 13.3. The number of nitrogens with one attached hydrogen (secondary N) is 1. The average molecular weight is 283 g/mol. The summed E-state index contributed by atoms with van der Waals surface area (Å²) in [6.45, 7) is 5.44. The van der Waals surface area contributed by atoms with Crippen LogP contribution in [0.2, 0.25) is 0 Å². The van der Waals surface area contributed by atoms with Gasteiger partial charge in [-0.25, -0.2) is 16.8 Å². The Labute approximate surface area is 104 Å². The molecule has 102 valence electrons. The maximum atomic E-state index is 11.6. The summed E-state index contributed by atoms with van der Waals surface area (Å²) in [4.78, 5) is 0. The highest BCUT2D eigenvalue weighted by molar-refractivity contribution is 7.92. The summed E-state index contributed by atoms with van der Waals surface area (Å²) < 4.78 is 45.9. The molecule has 0 bridgehead atoms. The van der Waals surface area contributed by atoms with Gasteiger partial charge < -0.3 is 5.32 Å². The highest BCUT2D eigenvalue weighted by Crippen LogP contribution is 2.22. The molecule has 0 radical (unpaired) electrons. The van der Waals surface area contributed by atoms with Gasteiger partial charge in [-0.15, -0.1) is 0 Å². The second-order valence-electron chi connectivity index (χ2n) is 5.25. The van der Waals surface area contributed by atoms with Crippen LogP contribution in [0.3, 0.4) is 0 Å². The van der Waals surface area contributed by atoms with Gasteiger partial charge >= 0.3 is 0 Å². The first-order valence-electron chi connectivity index (χ1n) is 5.73. The lowest BCUT2D eigenvalue weighted by Crippen LogP contribution is -2.45. The summed E-state index contributed by atoms with van der Waals surface area (Å²) in [6.07, 6.45) is 0.553. The lowest BCUT2D eigenvalue weighted by atomic mass is 10.0. The van der Waals surface area contributed by atoms with Crippen molar-refractivity contribution in [1.82, 2.24) is 5.32 Å². The molecule has 0 aromatic heterocycles. The quantitative estimate of drug-likeness (QED) is 0.767. The molecule has 0 amide bonds. The molecule has 0 spiro atoms. The number of rotatable bonds is 5. The maximum absolute atomic E-state index is 11.6. The van der Waals surface area contributed by atoms with Gasteiger partial charge in [-0.05, 0) is 27.2 Å². The van der Waals surface area contributed by atoms with Crippen molar-refractivity contribution in [1.29, 1.82) is 0 Å². The molecule has 1 unspecified atom stereocenters. The van der Waals surface area contributed by atoms with E-state index in [0.717, 1.165) is 0 Å². The van der Waals surface area contributed by atoms with E-state index in [2.05, 4.69) is 5.32 Å². The van der Waals surface area contributed by atoms with E-state index in [1.165, 1.54) is 0 Å². The van der Waals surface area contributed by atoms with Crippen LogP contribution < -0.4 is 5.32 Å². The molecule has 1 heterocycles. The maximum Gasteiger partial charge on any atom is 0.153 e. The monoisotopic (exact) mass is 283 g/mol. The summed E-state index contributed by atoms with van der Waals surface area (Å²) in [5, 5.41) is 2.68. The molecule has 1 N–H and O–H groups in total. The second kappa shape index (κ2) is 4.85. The molecule has 1 rings (SSSR count). The second-order valence-corrected chi connectivity index (χ2v) is 10.1. The van der Waals surface area contributed by atoms with E-state index in [-0.39, 0.29) is 22.5 Å². The van der Waals surface area contributed by atoms with Gasteiger partial charge in [0.2, 0.25) is 0 Å². The molecular formula is C10H21NO4S2. The number of hydrogen-bond donors (Lipinski definition) is 1. The van der Waals surface area contributed by atoms with Crippen molar-refractivity contribution in [2.75, 3.05) is 23.8 Å². The van der Waals surface area contributed by atoms with Crippen molar-refractivity contribution in [2.45, 2.75) is 38.0 Å². The predicted octanol–water partition coefficient (Wildman–Crippen LogP) is -0.0236. The Morgan fingerprint density at radius 1 is 1.35 bits per heavy atom. The van der Waals surface area contributed by atoms with Gasteiger partial charge in [0.15, 0.2) is 19.7 Å². The van der Waals surface area contributed by atoms with Gasteiger partial charge in [-0.3, -0.25) is 0 Å². The SMILES string of the molecule is CC(C)S(=O)(=O)CCNC1(C)CCS(=O)(=O)C1. The molecule has 0 aromatic carbocycles.